The quantitative estimate of drug-likeness (QED) is 0.0732. The van der Waals surface area contributed by atoms with E-state index in [1.807, 2.05) is 0 Å². The molecule has 13 aromatic carbocycles. The van der Waals surface area contributed by atoms with Crippen LogP contribution in [0.5, 0.6) is 0 Å². The van der Waals surface area contributed by atoms with Crippen LogP contribution < -0.4 is 20.2 Å². The summed E-state index contributed by atoms with van der Waals surface area (Å²) in [6.07, 6.45) is 24.3. The molecule has 0 amide bonds. The summed E-state index contributed by atoms with van der Waals surface area (Å²) in [5, 5.41) is 12.1. The molecule has 0 fully saturated rings. The van der Waals surface area contributed by atoms with Gasteiger partial charge in [-0.3, -0.25) is 8.80 Å². The largest absolute Gasteiger partial charge is 0.456 e. The first-order chi connectivity index (χ1) is 48.9. The van der Waals surface area contributed by atoms with E-state index in [9.17, 15) is 0 Å². The average molecular weight is 1300 g/mol. The van der Waals surface area contributed by atoms with Gasteiger partial charge in [0, 0.05) is 78.0 Å². The average Bonchev–Trinajstić information content (AvgIpc) is 1.50. The lowest BCUT2D eigenvalue weighted by Crippen LogP contribution is -2.38. The molecular weight excluding hydrogens is 1240 g/mol. The van der Waals surface area contributed by atoms with Crippen LogP contribution in [0.3, 0.4) is 0 Å². The van der Waals surface area contributed by atoms with Crippen molar-refractivity contribution in [3.63, 3.8) is 0 Å². The number of allylic oxidation sites excluding steroid dienone is 8. The first-order valence-electron chi connectivity index (χ1n) is 34.8. The van der Waals surface area contributed by atoms with Crippen LogP contribution in [0.15, 0.2) is 347 Å². The number of furan rings is 2. The Morgan fingerprint density at radius 1 is 0.424 bits per heavy atom. The Balaban J connectivity index is 0.787. The van der Waals surface area contributed by atoms with Crippen LogP contribution in [0.2, 0.25) is 6.55 Å². The van der Waals surface area contributed by atoms with Crippen molar-refractivity contribution >= 4 is 119 Å². The molecule has 4 unspecified atom stereocenters. The van der Waals surface area contributed by atoms with Crippen molar-refractivity contribution in [1.82, 2.24) is 0 Å². The number of thioether (sulfide) groups is 1. The van der Waals surface area contributed by atoms with E-state index in [4.69, 9.17) is 8.83 Å². The number of anilines is 4. The van der Waals surface area contributed by atoms with Crippen molar-refractivity contribution in [1.29, 1.82) is 0 Å². The highest BCUT2D eigenvalue weighted by Gasteiger charge is 2.58. The molecule has 0 aliphatic heterocycles. The van der Waals surface area contributed by atoms with Crippen molar-refractivity contribution in [3.8, 4) is 33.4 Å². The Kier molecular flexibility index (Phi) is 13.5. The zero-order chi connectivity index (χ0) is 65.5. The van der Waals surface area contributed by atoms with Gasteiger partial charge in [-0.2, -0.15) is 16.9 Å². The van der Waals surface area contributed by atoms with Gasteiger partial charge in [-0.1, -0.05) is 218 Å². The molecule has 0 saturated heterocycles. The summed E-state index contributed by atoms with van der Waals surface area (Å²) < 4.78 is 13.5. The van der Waals surface area contributed by atoms with E-state index in [0.717, 1.165) is 90.7 Å². The number of fused-ring (bicyclic) bond motifs is 20. The molecule has 15 aromatic rings. The molecule has 0 N–H and O–H groups in total. The zero-order valence-electron chi connectivity index (χ0n) is 54.9. The van der Waals surface area contributed by atoms with Crippen molar-refractivity contribution < 1.29 is 8.83 Å². The van der Waals surface area contributed by atoms with Crippen molar-refractivity contribution in [3.05, 3.63) is 355 Å². The minimum atomic E-state index is -0.956. The second kappa shape index (κ2) is 23.0. The van der Waals surface area contributed by atoms with Gasteiger partial charge in [0.1, 0.15) is 22.3 Å². The Labute approximate surface area is 582 Å². The first kappa shape index (κ1) is 58.0. The smallest absolute Gasteiger partial charge is 0.135 e. The normalized spacial score (nSPS) is 17.6. The number of benzene rings is 13. The zero-order valence-corrected chi connectivity index (χ0v) is 56.8. The molecule has 2 aromatic heterocycles. The molecule has 4 atom stereocenters. The summed E-state index contributed by atoms with van der Waals surface area (Å²) in [5.41, 5.74) is 22.4. The highest BCUT2D eigenvalue weighted by molar-refractivity contribution is 7.98. The van der Waals surface area contributed by atoms with Crippen LogP contribution in [-0.2, 0) is 5.41 Å². The van der Waals surface area contributed by atoms with Crippen LogP contribution in [0, 0.1) is 17.8 Å². The molecule has 5 aliphatic rings. The van der Waals surface area contributed by atoms with Crippen LogP contribution in [-0.4, -0.2) is 15.1 Å². The maximum absolute atomic E-state index is 6.79. The predicted octanol–water partition coefficient (Wildman–Crippen LogP) is 23.6. The summed E-state index contributed by atoms with van der Waals surface area (Å²) in [6, 6.07) is 102. The van der Waals surface area contributed by atoms with Crippen LogP contribution in [0.1, 0.15) is 41.0 Å². The third-order valence-electron chi connectivity index (χ3n) is 22.3. The Morgan fingerprint density at radius 3 is 1.72 bits per heavy atom. The number of rotatable bonds is 11. The van der Waals surface area contributed by atoms with E-state index in [-0.39, 0.29) is 11.8 Å². The number of nitrogens with zero attached hydrogens (tertiary/aromatic N) is 2. The Hall–Kier alpha value is -11.2. The van der Waals surface area contributed by atoms with Gasteiger partial charge >= 0.3 is 0 Å². The molecule has 0 bridgehead atoms. The van der Waals surface area contributed by atoms with E-state index in [0.29, 0.717) is 11.8 Å². The predicted molar refractivity (Wildman–Crippen MR) is 417 cm³/mol. The maximum atomic E-state index is 6.79. The van der Waals surface area contributed by atoms with Gasteiger partial charge in [0.15, 0.2) is 0 Å². The molecule has 1 spiro atoms. The fourth-order valence-electron chi connectivity index (χ4n) is 17.7. The molecule has 2 heterocycles. The summed E-state index contributed by atoms with van der Waals surface area (Å²) >= 11 is 1.77. The second-order valence-electron chi connectivity index (χ2n) is 27.5. The molecule has 6 heteroatoms. The van der Waals surface area contributed by atoms with Crippen molar-refractivity contribution in [2.24, 2.45) is 17.8 Å². The number of hydrogen-bond acceptors (Lipinski definition) is 5. The molecule has 99 heavy (non-hydrogen) atoms. The molecule has 4 nitrogen and oxygen atoms in total. The van der Waals surface area contributed by atoms with Crippen molar-refractivity contribution in [2.45, 2.75) is 35.6 Å². The van der Waals surface area contributed by atoms with Gasteiger partial charge in [-0.15, -0.1) is 11.8 Å². The maximum Gasteiger partial charge on any atom is 0.135 e. The second-order valence-corrected chi connectivity index (χ2v) is 30.8. The molecular formula is C93H67N2O2SSi-. The molecule has 5 aliphatic carbocycles. The molecule has 0 radical (unpaired) electrons. The Bertz CT molecular complexity index is 5980. The van der Waals surface area contributed by atoms with Crippen LogP contribution in [0.25, 0.3) is 98.8 Å². The van der Waals surface area contributed by atoms with Gasteiger partial charge < -0.3 is 18.6 Å². The highest BCUT2D eigenvalue weighted by atomic mass is 32.2. The molecule has 0 saturated carbocycles. The lowest BCUT2D eigenvalue weighted by atomic mass is 9.65. The van der Waals surface area contributed by atoms with Crippen molar-refractivity contribution in [2.75, 3.05) is 16.1 Å². The first-order valence-corrected chi connectivity index (χ1v) is 38.0. The monoisotopic (exact) mass is 1300 g/mol. The van der Waals surface area contributed by atoms with Gasteiger partial charge in [-0.05, 0) is 200 Å². The number of hydrogen-bond donors (Lipinski definition) is 0. The van der Waals surface area contributed by atoms with Crippen LogP contribution >= 0.6 is 11.8 Å². The van der Waals surface area contributed by atoms with E-state index < -0.39 is 14.2 Å². The third kappa shape index (κ3) is 9.19. The van der Waals surface area contributed by atoms with Gasteiger partial charge in [0.05, 0.1) is 11.1 Å². The summed E-state index contributed by atoms with van der Waals surface area (Å²) in [5.74, 6) is 0.753. The third-order valence-corrected chi connectivity index (χ3v) is 25.4. The Morgan fingerprint density at radius 2 is 0.990 bits per heavy atom. The van der Waals surface area contributed by atoms with E-state index >= 15 is 0 Å². The minimum Gasteiger partial charge on any atom is -0.456 e. The summed E-state index contributed by atoms with van der Waals surface area (Å²) in [7, 11) is -0.956. The van der Waals surface area contributed by atoms with Crippen LogP contribution in [0.4, 0.5) is 22.7 Å². The molecule has 472 valence electrons. The summed E-state index contributed by atoms with van der Waals surface area (Å²) in [6.45, 7) is 2.41. The van der Waals surface area contributed by atoms with Gasteiger partial charge in [0.2, 0.25) is 0 Å². The SMILES string of the molecule is CSc1cccc(-c2ccc3oc4ccc(N(c5ccc6ccccc6c5)c5cc6c(c7ccccc57)C5C=CC(N(C7=CC8CCC=CC8C=C7)c7ccc8oc9ccc(-c%10cccc([Si-](C)c%11ccccc%11)c%10)cc9c8c7)=CC5C65c6ccccc6-c6ccccc65)cc4c3c2)c1. The molecule has 20 rings (SSSR count). The van der Waals surface area contributed by atoms with E-state index in [1.54, 1.807) is 11.8 Å². The fourth-order valence-corrected chi connectivity index (χ4v) is 19.9. The summed E-state index contributed by atoms with van der Waals surface area (Å²) in [4.78, 5) is 6.36. The standard InChI is InChI=1S/C93H67N2O2SSi/c1-98-71-24-16-22-62(50-71)64-36-44-88-79(52-64)82-55-69(42-47-91(82)97-88)95(67-39-35-59-19-7-9-21-61(59)49-67)87-57-86-92(77-31-11-10-30-76(77)87)78-43-40-70(56-85(78)93(86)83-32-14-12-28-74(83)75-29-13-15-33-84(75)93)94(66-38-34-58-18-6-8-20-60(58)48-66)68-41-46-90-81(54-68)80-53-65(37-45-89(80)96-90)63-23-17-27-73(51-63)99(2)72-25-4-3-5-26-72/h3-7,9-19,21-58,60,78,85H,8,20H2,1-2H3/q-1. The highest BCUT2D eigenvalue weighted by Crippen LogP contribution is 2.68. The topological polar surface area (TPSA) is 32.8 Å². The fraction of sp³-hybridized carbons (Fsp3) is 0.0968. The lowest BCUT2D eigenvalue weighted by molar-refractivity contribution is 0.462. The van der Waals surface area contributed by atoms with Gasteiger partial charge in [-0.25, -0.2) is 0 Å². The minimum absolute atomic E-state index is 0.0240. The van der Waals surface area contributed by atoms with Gasteiger partial charge in [0.25, 0.3) is 0 Å². The van der Waals surface area contributed by atoms with E-state index in [2.05, 4.69) is 344 Å². The lowest BCUT2D eigenvalue weighted by Gasteiger charge is -2.39. The van der Waals surface area contributed by atoms with E-state index in [1.165, 1.54) is 92.6 Å².